The first kappa shape index (κ1) is 13.7. The van der Waals surface area contributed by atoms with Crippen LogP contribution in [0.15, 0.2) is 12.7 Å². The zero-order valence-electron chi connectivity index (χ0n) is 10.6. The van der Waals surface area contributed by atoms with E-state index in [1.165, 1.54) is 0 Å². The van der Waals surface area contributed by atoms with Gasteiger partial charge in [0.25, 0.3) is 0 Å². The van der Waals surface area contributed by atoms with Crippen molar-refractivity contribution in [1.29, 1.82) is 0 Å². The van der Waals surface area contributed by atoms with Crippen molar-refractivity contribution in [3.8, 4) is 0 Å². The molecule has 96 valence electrons. The molecule has 0 aromatic heterocycles. The highest BCUT2D eigenvalue weighted by molar-refractivity contribution is 5.87. The molecule has 1 aliphatic heterocycles. The number of hydrogen-bond donors (Lipinski definition) is 1. The third-order valence-electron chi connectivity index (χ3n) is 3.29. The molecule has 1 aliphatic rings. The number of amides is 1. The fraction of sp³-hybridized carbons (Fsp3) is 0.667. The molecule has 0 saturated carbocycles. The summed E-state index contributed by atoms with van der Waals surface area (Å²) in [5.41, 5.74) is -0.283. The van der Waals surface area contributed by atoms with Gasteiger partial charge >= 0.3 is 5.97 Å². The predicted molar refractivity (Wildman–Crippen MR) is 64.7 cm³/mol. The van der Waals surface area contributed by atoms with Crippen LogP contribution in [-0.4, -0.2) is 58.5 Å². The molecule has 1 atom stereocenters. The smallest absolute Gasteiger partial charge is 0.305 e. The summed E-state index contributed by atoms with van der Waals surface area (Å²) in [7, 11) is 1.72. The summed E-state index contributed by atoms with van der Waals surface area (Å²) in [6.07, 6.45) is 1.54. The van der Waals surface area contributed by atoms with Crippen molar-refractivity contribution in [2.75, 3.05) is 20.1 Å². The van der Waals surface area contributed by atoms with E-state index in [0.717, 1.165) is 0 Å². The molecule has 1 saturated heterocycles. The van der Waals surface area contributed by atoms with Crippen LogP contribution >= 0.6 is 0 Å². The molecule has 0 aromatic carbocycles. The lowest BCUT2D eigenvalue weighted by atomic mass is 9.94. The molecule has 1 rings (SSSR count). The molecule has 1 fully saturated rings. The fourth-order valence-corrected chi connectivity index (χ4v) is 2.13. The highest BCUT2D eigenvalue weighted by atomic mass is 16.4. The number of nitrogens with zero attached hydrogens (tertiary/aromatic N) is 2. The van der Waals surface area contributed by atoms with Crippen molar-refractivity contribution in [2.45, 2.75) is 31.8 Å². The third kappa shape index (κ3) is 2.85. The quantitative estimate of drug-likeness (QED) is 0.730. The van der Waals surface area contributed by atoms with E-state index in [0.29, 0.717) is 13.1 Å². The van der Waals surface area contributed by atoms with Crippen molar-refractivity contribution in [3.05, 3.63) is 12.7 Å². The second-order valence-electron chi connectivity index (χ2n) is 5.04. The standard InChI is InChI=1S/C12H20N2O3/c1-5-6-14-8-12(2,3)13(4)11(17)9(14)7-10(15)16/h5,9H,1,6-8H2,2-4H3,(H,15,16). The Labute approximate surface area is 102 Å². The van der Waals surface area contributed by atoms with Crippen molar-refractivity contribution >= 4 is 11.9 Å². The number of hydrogen-bond acceptors (Lipinski definition) is 3. The van der Waals surface area contributed by atoms with Gasteiger partial charge in [0.1, 0.15) is 6.04 Å². The molecular formula is C12H20N2O3. The van der Waals surface area contributed by atoms with Gasteiger partial charge < -0.3 is 10.0 Å². The van der Waals surface area contributed by atoms with Crippen LogP contribution < -0.4 is 0 Å². The summed E-state index contributed by atoms with van der Waals surface area (Å²) >= 11 is 0. The number of carboxylic acids is 1. The van der Waals surface area contributed by atoms with Gasteiger partial charge in [-0.15, -0.1) is 6.58 Å². The van der Waals surface area contributed by atoms with Crippen LogP contribution in [0.4, 0.5) is 0 Å². The maximum atomic E-state index is 12.1. The van der Waals surface area contributed by atoms with E-state index in [-0.39, 0.29) is 17.9 Å². The number of carbonyl (C=O) groups is 2. The van der Waals surface area contributed by atoms with Crippen LogP contribution in [0.5, 0.6) is 0 Å². The molecule has 1 unspecified atom stereocenters. The molecule has 1 N–H and O–H groups in total. The fourth-order valence-electron chi connectivity index (χ4n) is 2.13. The van der Waals surface area contributed by atoms with Crippen LogP contribution in [0.3, 0.4) is 0 Å². The van der Waals surface area contributed by atoms with Crippen LogP contribution in [0.2, 0.25) is 0 Å². The minimum absolute atomic E-state index is 0.134. The minimum Gasteiger partial charge on any atom is -0.481 e. The van der Waals surface area contributed by atoms with Gasteiger partial charge in [0.2, 0.25) is 5.91 Å². The molecule has 0 bridgehead atoms. The average Bonchev–Trinajstić information content (AvgIpc) is 2.21. The van der Waals surface area contributed by atoms with Gasteiger partial charge in [-0.25, -0.2) is 0 Å². The molecule has 5 heteroatoms. The van der Waals surface area contributed by atoms with Crippen molar-refractivity contribution in [3.63, 3.8) is 0 Å². The minimum atomic E-state index is -0.953. The van der Waals surface area contributed by atoms with E-state index in [9.17, 15) is 9.59 Å². The van der Waals surface area contributed by atoms with Gasteiger partial charge in [-0.2, -0.15) is 0 Å². The first-order chi connectivity index (χ1) is 7.79. The molecule has 0 aliphatic carbocycles. The second kappa shape index (κ2) is 4.87. The van der Waals surface area contributed by atoms with Crippen LogP contribution in [0.25, 0.3) is 0 Å². The van der Waals surface area contributed by atoms with Crippen LogP contribution in [0, 0.1) is 0 Å². The molecule has 1 amide bonds. The van der Waals surface area contributed by atoms with Crippen LogP contribution in [0.1, 0.15) is 20.3 Å². The molecule has 0 aromatic rings. The summed E-state index contributed by atoms with van der Waals surface area (Å²) < 4.78 is 0. The maximum Gasteiger partial charge on any atom is 0.305 e. The largest absolute Gasteiger partial charge is 0.481 e. The molecule has 1 heterocycles. The van der Waals surface area contributed by atoms with Crippen molar-refractivity contribution in [2.24, 2.45) is 0 Å². The van der Waals surface area contributed by atoms with Gasteiger partial charge in [0, 0.05) is 25.7 Å². The second-order valence-corrected chi connectivity index (χ2v) is 5.04. The third-order valence-corrected chi connectivity index (χ3v) is 3.29. The molecule has 0 radical (unpaired) electrons. The van der Waals surface area contributed by atoms with Gasteiger partial charge in [0.05, 0.1) is 6.42 Å². The summed E-state index contributed by atoms with van der Waals surface area (Å²) in [5, 5.41) is 8.86. The monoisotopic (exact) mass is 240 g/mol. The number of likely N-dealkylation sites (N-methyl/N-ethyl adjacent to an activating group) is 1. The van der Waals surface area contributed by atoms with E-state index >= 15 is 0 Å². The Bertz CT molecular complexity index is 339. The Balaban J connectivity index is 2.95. The van der Waals surface area contributed by atoms with Crippen molar-refractivity contribution < 1.29 is 14.7 Å². The normalized spacial score (nSPS) is 24.8. The Morgan fingerprint density at radius 2 is 2.24 bits per heavy atom. The lowest BCUT2D eigenvalue weighted by molar-refractivity contribution is -0.154. The van der Waals surface area contributed by atoms with Gasteiger partial charge in [-0.05, 0) is 13.8 Å². The van der Waals surface area contributed by atoms with Gasteiger partial charge in [0.15, 0.2) is 0 Å². The summed E-state index contributed by atoms with van der Waals surface area (Å²) in [6.45, 7) is 8.77. The van der Waals surface area contributed by atoms with E-state index in [2.05, 4.69) is 6.58 Å². The van der Waals surface area contributed by atoms with Crippen molar-refractivity contribution in [1.82, 2.24) is 9.80 Å². The van der Waals surface area contributed by atoms with E-state index < -0.39 is 12.0 Å². The number of carboxylic acid groups (broad SMARTS) is 1. The summed E-state index contributed by atoms with van der Waals surface area (Å²) in [4.78, 5) is 26.5. The highest BCUT2D eigenvalue weighted by Crippen LogP contribution is 2.25. The zero-order chi connectivity index (χ0) is 13.2. The number of piperazine rings is 1. The average molecular weight is 240 g/mol. The van der Waals surface area contributed by atoms with Gasteiger partial charge in [-0.3, -0.25) is 14.5 Å². The Morgan fingerprint density at radius 3 is 2.71 bits per heavy atom. The Morgan fingerprint density at radius 1 is 1.65 bits per heavy atom. The topological polar surface area (TPSA) is 60.9 Å². The lowest BCUT2D eigenvalue weighted by Gasteiger charge is -2.48. The predicted octanol–water partition coefficient (Wildman–Crippen LogP) is 0.568. The first-order valence-corrected chi connectivity index (χ1v) is 5.64. The zero-order valence-corrected chi connectivity index (χ0v) is 10.6. The maximum absolute atomic E-state index is 12.1. The molecule has 5 nitrogen and oxygen atoms in total. The molecular weight excluding hydrogens is 220 g/mol. The Kier molecular flexibility index (Phi) is 3.93. The first-order valence-electron chi connectivity index (χ1n) is 5.64. The van der Waals surface area contributed by atoms with E-state index in [1.807, 2.05) is 18.7 Å². The number of carbonyl (C=O) groups excluding carboxylic acids is 1. The van der Waals surface area contributed by atoms with Crippen LogP contribution in [-0.2, 0) is 9.59 Å². The van der Waals surface area contributed by atoms with Gasteiger partial charge in [-0.1, -0.05) is 6.08 Å². The molecule has 17 heavy (non-hydrogen) atoms. The van der Waals surface area contributed by atoms with E-state index in [4.69, 9.17) is 5.11 Å². The summed E-state index contributed by atoms with van der Waals surface area (Å²) in [5.74, 6) is -1.09. The number of rotatable bonds is 4. The Hall–Kier alpha value is -1.36. The van der Waals surface area contributed by atoms with E-state index in [1.54, 1.807) is 18.0 Å². The highest BCUT2D eigenvalue weighted by Gasteiger charge is 2.42. The SMILES string of the molecule is C=CCN1CC(C)(C)N(C)C(=O)C1CC(=O)O. The molecule has 0 spiro atoms. The lowest BCUT2D eigenvalue weighted by Crippen LogP contribution is -2.65. The number of aliphatic carboxylic acids is 1. The summed E-state index contributed by atoms with van der Waals surface area (Å²) in [6, 6.07) is -0.580.